The molecule has 1 aromatic rings. The Morgan fingerprint density at radius 1 is 1.38 bits per heavy atom. The number of rotatable bonds is 5. The number of hydrogen-bond donors (Lipinski definition) is 3. The van der Waals surface area contributed by atoms with Crippen LogP contribution in [0.3, 0.4) is 0 Å². The lowest BCUT2D eigenvalue weighted by atomic mass is 9.85. The second kappa shape index (κ2) is 5.78. The summed E-state index contributed by atoms with van der Waals surface area (Å²) in [5, 5.41) is 19.2. The predicted molar refractivity (Wildman–Crippen MR) is 75.6 cm³/mol. The highest BCUT2D eigenvalue weighted by molar-refractivity contribution is 7.89. The van der Waals surface area contributed by atoms with Gasteiger partial charge < -0.3 is 14.8 Å². The first-order valence-electron chi connectivity index (χ1n) is 6.85. The van der Waals surface area contributed by atoms with E-state index in [-0.39, 0.29) is 17.1 Å². The van der Waals surface area contributed by atoms with Crippen LogP contribution in [0.1, 0.15) is 42.6 Å². The number of sulfonamides is 1. The van der Waals surface area contributed by atoms with E-state index < -0.39 is 21.6 Å². The number of nitrogens with zero attached hydrogens (tertiary/aromatic N) is 1. The van der Waals surface area contributed by atoms with Gasteiger partial charge in [-0.25, -0.2) is 17.9 Å². The van der Waals surface area contributed by atoms with E-state index in [1.54, 1.807) is 0 Å². The molecule has 21 heavy (non-hydrogen) atoms. The van der Waals surface area contributed by atoms with Crippen LogP contribution in [0.4, 0.5) is 0 Å². The smallest absolute Gasteiger partial charge is 0.352 e. The van der Waals surface area contributed by atoms with Crippen molar-refractivity contribution in [1.82, 2.24) is 9.29 Å². The molecular formula is C13H20N2O5S. The zero-order valence-electron chi connectivity index (χ0n) is 11.9. The molecule has 0 saturated heterocycles. The van der Waals surface area contributed by atoms with Crippen LogP contribution in [0.2, 0.25) is 0 Å². The molecule has 3 N–H and O–H groups in total. The maximum atomic E-state index is 12.2. The van der Waals surface area contributed by atoms with Gasteiger partial charge >= 0.3 is 5.97 Å². The zero-order valence-corrected chi connectivity index (χ0v) is 12.7. The summed E-state index contributed by atoms with van der Waals surface area (Å²) in [6.45, 7) is -0.0490. The van der Waals surface area contributed by atoms with Gasteiger partial charge in [-0.15, -0.1) is 0 Å². The Hall–Kier alpha value is -1.38. The van der Waals surface area contributed by atoms with Crippen molar-refractivity contribution in [3.05, 3.63) is 18.0 Å². The van der Waals surface area contributed by atoms with Gasteiger partial charge in [0.2, 0.25) is 10.0 Å². The molecule has 1 aliphatic carbocycles. The summed E-state index contributed by atoms with van der Waals surface area (Å²) in [6.07, 6.45) is 5.21. The predicted octanol–water partition coefficient (Wildman–Crippen LogP) is 0.697. The maximum absolute atomic E-state index is 12.2. The first-order chi connectivity index (χ1) is 9.73. The van der Waals surface area contributed by atoms with E-state index >= 15 is 0 Å². The lowest BCUT2D eigenvalue weighted by Gasteiger charge is -2.31. The van der Waals surface area contributed by atoms with Crippen molar-refractivity contribution in [3.63, 3.8) is 0 Å². The minimum Gasteiger partial charge on any atom is -0.477 e. The summed E-state index contributed by atoms with van der Waals surface area (Å²) in [4.78, 5) is 10.8. The second-order valence-electron chi connectivity index (χ2n) is 5.59. The molecule has 0 spiro atoms. The number of aromatic nitrogens is 1. The number of aliphatic hydroxyl groups is 1. The molecule has 0 amide bonds. The highest BCUT2D eigenvalue weighted by atomic mass is 32.2. The Balaban J connectivity index is 2.11. The molecule has 0 radical (unpaired) electrons. The van der Waals surface area contributed by atoms with Crippen molar-refractivity contribution in [2.45, 2.75) is 42.6 Å². The molecule has 0 aromatic carbocycles. The summed E-state index contributed by atoms with van der Waals surface area (Å²) >= 11 is 0. The quantitative estimate of drug-likeness (QED) is 0.741. The molecule has 2 rings (SSSR count). The van der Waals surface area contributed by atoms with E-state index in [0.717, 1.165) is 25.3 Å². The van der Waals surface area contributed by atoms with Gasteiger partial charge in [0.25, 0.3) is 0 Å². The molecule has 0 unspecified atom stereocenters. The normalized spacial score (nSPS) is 18.6. The zero-order chi connectivity index (χ0) is 15.7. The van der Waals surface area contributed by atoms with E-state index in [2.05, 4.69) is 4.72 Å². The van der Waals surface area contributed by atoms with Gasteiger partial charge in [0.05, 0.1) is 5.60 Å². The van der Waals surface area contributed by atoms with Gasteiger partial charge in [0.15, 0.2) is 0 Å². The molecule has 1 saturated carbocycles. The number of aryl methyl sites for hydroxylation is 1. The molecule has 118 valence electrons. The third kappa shape index (κ3) is 3.63. The standard InChI is InChI=1S/C13H20N2O5S/c1-15-8-10(7-11(15)12(16)17)21(19,20)14-9-13(18)5-3-2-4-6-13/h7-8,14,18H,2-6,9H2,1H3,(H,16,17). The van der Waals surface area contributed by atoms with Crippen LogP contribution in [-0.2, 0) is 17.1 Å². The fraction of sp³-hybridized carbons (Fsp3) is 0.615. The van der Waals surface area contributed by atoms with Crippen molar-refractivity contribution in [1.29, 1.82) is 0 Å². The van der Waals surface area contributed by atoms with Crippen molar-refractivity contribution in [3.8, 4) is 0 Å². The Morgan fingerprint density at radius 2 is 2.00 bits per heavy atom. The lowest BCUT2D eigenvalue weighted by molar-refractivity contribution is 0.00945. The lowest BCUT2D eigenvalue weighted by Crippen LogP contribution is -2.44. The molecular weight excluding hydrogens is 296 g/mol. The molecule has 0 atom stereocenters. The summed E-state index contributed by atoms with van der Waals surface area (Å²) in [7, 11) is -2.36. The molecule has 1 fully saturated rings. The van der Waals surface area contributed by atoms with Crippen LogP contribution < -0.4 is 4.72 Å². The first kappa shape index (κ1) is 16.0. The molecule has 8 heteroatoms. The topological polar surface area (TPSA) is 109 Å². The minimum absolute atomic E-state index is 0.0490. The van der Waals surface area contributed by atoms with Crippen LogP contribution in [-0.4, -0.2) is 41.3 Å². The molecule has 0 aliphatic heterocycles. The minimum atomic E-state index is -3.83. The van der Waals surface area contributed by atoms with Gasteiger partial charge in [-0.3, -0.25) is 0 Å². The molecule has 0 bridgehead atoms. The number of aromatic carboxylic acids is 1. The Morgan fingerprint density at radius 3 is 2.52 bits per heavy atom. The fourth-order valence-corrected chi connectivity index (χ4v) is 3.78. The Bertz CT molecular complexity index is 629. The monoisotopic (exact) mass is 316 g/mol. The summed E-state index contributed by atoms with van der Waals surface area (Å²) < 4.78 is 28.0. The fourth-order valence-electron chi connectivity index (χ4n) is 2.59. The molecule has 1 aliphatic rings. The molecule has 1 aromatic heterocycles. The van der Waals surface area contributed by atoms with Gasteiger partial charge in [-0.05, 0) is 18.9 Å². The van der Waals surface area contributed by atoms with Gasteiger partial charge in [0.1, 0.15) is 10.6 Å². The van der Waals surface area contributed by atoms with Crippen LogP contribution in [0.15, 0.2) is 17.2 Å². The number of hydrogen-bond acceptors (Lipinski definition) is 4. The highest BCUT2D eigenvalue weighted by Crippen LogP contribution is 2.27. The summed E-state index contributed by atoms with van der Waals surface area (Å²) in [6, 6.07) is 1.11. The molecule has 7 nitrogen and oxygen atoms in total. The van der Waals surface area contributed by atoms with E-state index in [0.29, 0.717) is 12.8 Å². The van der Waals surface area contributed by atoms with Crippen molar-refractivity contribution in [2.24, 2.45) is 7.05 Å². The maximum Gasteiger partial charge on any atom is 0.352 e. The Labute approximate surface area is 123 Å². The van der Waals surface area contributed by atoms with Crippen LogP contribution in [0.5, 0.6) is 0 Å². The average Bonchev–Trinajstić information content (AvgIpc) is 2.81. The van der Waals surface area contributed by atoms with Crippen molar-refractivity contribution < 1.29 is 23.4 Å². The van der Waals surface area contributed by atoms with E-state index in [1.807, 2.05) is 0 Å². The first-order valence-corrected chi connectivity index (χ1v) is 8.34. The van der Waals surface area contributed by atoms with Crippen LogP contribution >= 0.6 is 0 Å². The van der Waals surface area contributed by atoms with Gasteiger partial charge in [-0.2, -0.15) is 0 Å². The van der Waals surface area contributed by atoms with E-state index in [9.17, 15) is 18.3 Å². The summed E-state index contributed by atoms with van der Waals surface area (Å²) in [5.41, 5.74) is -1.11. The Kier molecular flexibility index (Phi) is 4.40. The third-order valence-corrected chi connectivity index (χ3v) is 5.25. The third-order valence-electron chi connectivity index (χ3n) is 3.88. The number of carboxylic acid groups (broad SMARTS) is 1. The van der Waals surface area contributed by atoms with Crippen LogP contribution in [0.25, 0.3) is 0 Å². The van der Waals surface area contributed by atoms with E-state index in [1.165, 1.54) is 17.8 Å². The number of carbonyl (C=O) groups is 1. The van der Waals surface area contributed by atoms with Gasteiger partial charge in [-0.1, -0.05) is 19.3 Å². The van der Waals surface area contributed by atoms with Crippen molar-refractivity contribution in [2.75, 3.05) is 6.54 Å². The second-order valence-corrected chi connectivity index (χ2v) is 7.35. The highest BCUT2D eigenvalue weighted by Gasteiger charge is 2.31. The number of nitrogens with one attached hydrogen (secondary N) is 1. The molecule has 1 heterocycles. The van der Waals surface area contributed by atoms with Crippen LogP contribution in [0, 0.1) is 0 Å². The summed E-state index contributed by atoms with van der Waals surface area (Å²) in [5.74, 6) is -1.19. The van der Waals surface area contributed by atoms with Gasteiger partial charge in [0, 0.05) is 19.8 Å². The average molecular weight is 316 g/mol. The largest absolute Gasteiger partial charge is 0.477 e. The number of carboxylic acids is 1. The van der Waals surface area contributed by atoms with Crippen molar-refractivity contribution >= 4 is 16.0 Å². The SMILES string of the molecule is Cn1cc(S(=O)(=O)NCC2(O)CCCCC2)cc1C(=O)O. The van der Waals surface area contributed by atoms with E-state index in [4.69, 9.17) is 5.11 Å².